The quantitative estimate of drug-likeness (QED) is 0.684. The van der Waals surface area contributed by atoms with Crippen LogP contribution in [0.4, 0.5) is 0 Å². The monoisotopic (exact) mass is 197 g/mol. The van der Waals surface area contributed by atoms with Crippen molar-refractivity contribution in [3.05, 3.63) is 0 Å². The van der Waals surface area contributed by atoms with Gasteiger partial charge in [0.1, 0.15) is 5.21 Å². The highest BCUT2D eigenvalue weighted by atomic mass is 35.5. The molecule has 0 heterocycles. The molecule has 0 aliphatic heterocycles. The van der Waals surface area contributed by atoms with Gasteiger partial charge in [0.15, 0.2) is 0 Å². The van der Waals surface area contributed by atoms with E-state index in [9.17, 15) is 8.42 Å². The molecule has 0 spiro atoms. The molecule has 0 radical (unpaired) electrons. The lowest BCUT2D eigenvalue weighted by Gasteiger charge is -2.32. The van der Waals surface area contributed by atoms with Crippen LogP contribution in [0.15, 0.2) is 0 Å². The third kappa shape index (κ3) is 2.61. The topological polar surface area (TPSA) is 46.2 Å². The normalized spacial score (nSPS) is 31.5. The molecule has 1 aliphatic carbocycles. The van der Waals surface area contributed by atoms with E-state index in [2.05, 4.69) is 11.6 Å². The summed E-state index contributed by atoms with van der Waals surface area (Å²) >= 11 is 5.20. The molecule has 0 aromatic carbocycles. The van der Waals surface area contributed by atoms with E-state index in [0.717, 1.165) is 12.8 Å². The van der Waals surface area contributed by atoms with Gasteiger partial charge in [-0.3, -0.25) is 0 Å². The SMILES string of the molecule is CC1CC(NS(=O)(=O)CCl)C1. The molecule has 0 saturated heterocycles. The third-order valence-electron chi connectivity index (χ3n) is 1.86. The van der Waals surface area contributed by atoms with Crippen LogP contribution in [0.3, 0.4) is 0 Å². The van der Waals surface area contributed by atoms with E-state index in [1.807, 2.05) is 0 Å². The zero-order valence-electron chi connectivity index (χ0n) is 6.38. The van der Waals surface area contributed by atoms with E-state index in [1.165, 1.54) is 0 Å². The zero-order valence-corrected chi connectivity index (χ0v) is 7.95. The van der Waals surface area contributed by atoms with Crippen molar-refractivity contribution >= 4 is 21.6 Å². The summed E-state index contributed by atoms with van der Waals surface area (Å²) in [6.45, 7) is 2.10. The molecule has 0 atom stereocenters. The molecule has 5 heteroatoms. The Morgan fingerprint density at radius 3 is 2.45 bits per heavy atom. The van der Waals surface area contributed by atoms with Crippen LogP contribution in [0, 0.1) is 5.92 Å². The van der Waals surface area contributed by atoms with Gasteiger partial charge in [0.2, 0.25) is 10.0 Å². The minimum absolute atomic E-state index is 0.133. The fourth-order valence-electron chi connectivity index (χ4n) is 1.28. The summed E-state index contributed by atoms with van der Waals surface area (Å²) < 4.78 is 24.2. The van der Waals surface area contributed by atoms with Crippen molar-refractivity contribution in [2.45, 2.75) is 25.8 Å². The molecule has 1 saturated carbocycles. The fourth-order valence-corrected chi connectivity index (χ4v) is 2.24. The lowest BCUT2D eigenvalue weighted by Crippen LogP contribution is -2.43. The van der Waals surface area contributed by atoms with Crippen molar-refractivity contribution in [3.63, 3.8) is 0 Å². The molecule has 0 aromatic rings. The number of hydrogen-bond acceptors (Lipinski definition) is 2. The average Bonchev–Trinajstić information content (AvgIpc) is 1.84. The number of sulfonamides is 1. The van der Waals surface area contributed by atoms with E-state index < -0.39 is 10.0 Å². The van der Waals surface area contributed by atoms with Crippen LogP contribution in [-0.2, 0) is 10.0 Å². The van der Waals surface area contributed by atoms with Crippen molar-refractivity contribution in [3.8, 4) is 0 Å². The van der Waals surface area contributed by atoms with Gasteiger partial charge in [-0.1, -0.05) is 6.92 Å². The second kappa shape index (κ2) is 3.29. The van der Waals surface area contributed by atoms with Crippen LogP contribution in [-0.4, -0.2) is 19.7 Å². The fraction of sp³-hybridized carbons (Fsp3) is 1.00. The molecule has 0 aromatic heterocycles. The van der Waals surface area contributed by atoms with Crippen LogP contribution in [0.25, 0.3) is 0 Å². The Morgan fingerprint density at radius 2 is 2.09 bits per heavy atom. The molecule has 3 nitrogen and oxygen atoms in total. The van der Waals surface area contributed by atoms with Gasteiger partial charge in [0, 0.05) is 6.04 Å². The van der Waals surface area contributed by atoms with Gasteiger partial charge < -0.3 is 0 Å². The molecule has 0 amide bonds. The van der Waals surface area contributed by atoms with E-state index >= 15 is 0 Å². The number of nitrogens with one attached hydrogen (secondary N) is 1. The van der Waals surface area contributed by atoms with Crippen LogP contribution >= 0.6 is 11.6 Å². The first-order valence-electron chi connectivity index (χ1n) is 3.59. The third-order valence-corrected chi connectivity index (χ3v) is 3.71. The minimum atomic E-state index is -3.19. The first kappa shape index (κ1) is 9.29. The number of halogens is 1. The van der Waals surface area contributed by atoms with Crippen molar-refractivity contribution in [1.29, 1.82) is 0 Å². The summed E-state index contributed by atoms with van der Waals surface area (Å²) in [5.74, 6) is 0.651. The number of alkyl halides is 1. The zero-order chi connectivity index (χ0) is 8.48. The van der Waals surface area contributed by atoms with Crippen molar-refractivity contribution in [1.82, 2.24) is 4.72 Å². The summed E-state index contributed by atoms with van der Waals surface area (Å²) in [5.41, 5.74) is 0. The summed E-state index contributed by atoms with van der Waals surface area (Å²) in [7, 11) is -3.19. The predicted molar refractivity (Wildman–Crippen MR) is 45.0 cm³/mol. The Bertz CT molecular complexity index is 221. The molecule has 1 rings (SSSR count). The lowest BCUT2D eigenvalue weighted by molar-refractivity contribution is 0.270. The Morgan fingerprint density at radius 1 is 1.55 bits per heavy atom. The van der Waals surface area contributed by atoms with Gasteiger partial charge >= 0.3 is 0 Å². The second-order valence-corrected chi connectivity index (χ2v) is 5.45. The van der Waals surface area contributed by atoms with Gasteiger partial charge in [-0.25, -0.2) is 13.1 Å². The predicted octanol–water partition coefficient (Wildman–Crippen LogP) is 0.901. The van der Waals surface area contributed by atoms with Crippen molar-refractivity contribution in [2.75, 3.05) is 5.21 Å². The molecule has 0 bridgehead atoms. The van der Waals surface area contributed by atoms with Crippen LogP contribution < -0.4 is 4.72 Å². The molecule has 66 valence electrons. The maximum absolute atomic E-state index is 10.9. The maximum Gasteiger partial charge on any atom is 0.225 e. The van der Waals surface area contributed by atoms with Crippen LogP contribution in [0.2, 0.25) is 0 Å². The summed E-state index contributed by atoms with van der Waals surface area (Å²) in [6, 6.07) is 0.133. The standard InChI is InChI=1S/C6H12ClNO2S/c1-5-2-6(3-5)8-11(9,10)4-7/h5-6,8H,2-4H2,1H3. The van der Waals surface area contributed by atoms with E-state index in [4.69, 9.17) is 11.6 Å². The Hall–Kier alpha value is 0.200. The first-order valence-corrected chi connectivity index (χ1v) is 5.78. The minimum Gasteiger partial charge on any atom is -0.211 e. The highest BCUT2D eigenvalue weighted by Crippen LogP contribution is 2.26. The summed E-state index contributed by atoms with van der Waals surface area (Å²) in [4.78, 5) is 0. The average molecular weight is 198 g/mol. The lowest BCUT2D eigenvalue weighted by atomic mass is 9.83. The van der Waals surface area contributed by atoms with Gasteiger partial charge in [0.05, 0.1) is 0 Å². The molecular weight excluding hydrogens is 186 g/mol. The van der Waals surface area contributed by atoms with Gasteiger partial charge in [-0.2, -0.15) is 0 Å². The molecule has 1 aliphatic rings. The molecule has 1 fully saturated rings. The van der Waals surface area contributed by atoms with E-state index in [1.54, 1.807) is 0 Å². The largest absolute Gasteiger partial charge is 0.225 e. The van der Waals surface area contributed by atoms with Gasteiger partial charge in [-0.15, -0.1) is 11.6 Å². The molecule has 0 unspecified atom stereocenters. The Kier molecular flexibility index (Phi) is 2.78. The van der Waals surface area contributed by atoms with E-state index in [-0.39, 0.29) is 11.3 Å². The Balaban J connectivity index is 2.33. The van der Waals surface area contributed by atoms with Crippen LogP contribution in [0.5, 0.6) is 0 Å². The maximum atomic E-state index is 10.9. The molecule has 11 heavy (non-hydrogen) atoms. The smallest absolute Gasteiger partial charge is 0.211 e. The number of rotatable bonds is 3. The molecular formula is C6H12ClNO2S. The van der Waals surface area contributed by atoms with Crippen LogP contribution in [0.1, 0.15) is 19.8 Å². The first-order chi connectivity index (χ1) is 5.03. The second-order valence-electron chi connectivity index (χ2n) is 3.12. The van der Waals surface area contributed by atoms with Gasteiger partial charge in [-0.05, 0) is 18.8 Å². The van der Waals surface area contributed by atoms with Gasteiger partial charge in [0.25, 0.3) is 0 Å². The number of hydrogen-bond donors (Lipinski definition) is 1. The van der Waals surface area contributed by atoms with E-state index in [0.29, 0.717) is 5.92 Å². The Labute approximate surface area is 72.2 Å². The summed E-state index contributed by atoms with van der Waals surface area (Å²) in [6.07, 6.45) is 1.88. The van der Waals surface area contributed by atoms with Crippen molar-refractivity contribution in [2.24, 2.45) is 5.92 Å². The summed E-state index contributed by atoms with van der Waals surface area (Å²) in [5, 5.41) is -0.335. The van der Waals surface area contributed by atoms with Crippen molar-refractivity contribution < 1.29 is 8.42 Å². The highest BCUT2D eigenvalue weighted by Gasteiger charge is 2.28. The highest BCUT2D eigenvalue weighted by molar-refractivity contribution is 7.90. The molecule has 1 N–H and O–H groups in total.